The van der Waals surface area contributed by atoms with Gasteiger partial charge in [0.1, 0.15) is 0 Å². The first kappa shape index (κ1) is 13.8. The minimum atomic E-state index is -0.194. The molecule has 0 aromatic heterocycles. The van der Waals surface area contributed by atoms with Crippen molar-refractivity contribution in [3.8, 4) is 0 Å². The van der Waals surface area contributed by atoms with Gasteiger partial charge in [-0.1, -0.05) is 27.2 Å². The summed E-state index contributed by atoms with van der Waals surface area (Å²) in [6.45, 7) is 6.35. The molecule has 16 heavy (non-hydrogen) atoms. The third kappa shape index (κ3) is 2.91. The summed E-state index contributed by atoms with van der Waals surface area (Å²) in [5.74, 6) is 1.46. The highest BCUT2D eigenvalue weighted by Crippen LogP contribution is 2.32. The molecule has 1 aliphatic carbocycles. The molecule has 0 bridgehead atoms. The molecule has 1 fully saturated rings. The van der Waals surface area contributed by atoms with Gasteiger partial charge in [-0.05, 0) is 31.6 Å². The summed E-state index contributed by atoms with van der Waals surface area (Å²) in [6.07, 6.45) is 5.22. The lowest BCUT2D eigenvalue weighted by Gasteiger charge is -2.32. The molecule has 1 N–H and O–H groups in total. The summed E-state index contributed by atoms with van der Waals surface area (Å²) < 4.78 is 0. The maximum Gasteiger partial charge on any atom is 0.223 e. The number of hydrogen-bond donors (Lipinski definition) is 1. The molecule has 1 amide bonds. The number of hydrogen-bond acceptors (Lipinski definition) is 1. The Morgan fingerprint density at radius 3 is 2.38 bits per heavy atom. The molecule has 0 radical (unpaired) electrons. The summed E-state index contributed by atoms with van der Waals surface area (Å²) in [6, 6.07) is 0. The fourth-order valence-electron chi connectivity index (χ4n) is 2.54. The van der Waals surface area contributed by atoms with Crippen molar-refractivity contribution in [2.24, 2.45) is 11.8 Å². The van der Waals surface area contributed by atoms with Crippen molar-refractivity contribution < 1.29 is 4.79 Å². The van der Waals surface area contributed by atoms with Gasteiger partial charge in [0, 0.05) is 11.8 Å². The number of amides is 1. The van der Waals surface area contributed by atoms with E-state index in [9.17, 15) is 4.79 Å². The fraction of sp³-hybridized carbons (Fsp3) is 0.923. The van der Waals surface area contributed by atoms with Crippen molar-refractivity contribution in [1.82, 2.24) is 5.32 Å². The van der Waals surface area contributed by atoms with Crippen LogP contribution in [0.3, 0.4) is 0 Å². The van der Waals surface area contributed by atoms with Gasteiger partial charge in [-0.15, -0.1) is 11.6 Å². The van der Waals surface area contributed by atoms with Crippen molar-refractivity contribution in [2.75, 3.05) is 5.88 Å². The Hall–Kier alpha value is -0.240. The van der Waals surface area contributed by atoms with Gasteiger partial charge in [0.15, 0.2) is 0 Å². The second-order valence-electron chi connectivity index (χ2n) is 5.12. The van der Waals surface area contributed by atoms with Crippen LogP contribution < -0.4 is 5.32 Å². The highest BCUT2D eigenvalue weighted by atomic mass is 35.5. The minimum absolute atomic E-state index is 0.194. The van der Waals surface area contributed by atoms with E-state index >= 15 is 0 Å². The third-order valence-electron chi connectivity index (χ3n) is 4.20. The average molecular weight is 246 g/mol. The van der Waals surface area contributed by atoms with E-state index in [1.807, 2.05) is 0 Å². The molecular formula is C13H24ClNO. The summed E-state index contributed by atoms with van der Waals surface area (Å²) in [4.78, 5) is 12.2. The second-order valence-corrected chi connectivity index (χ2v) is 5.39. The molecule has 0 spiro atoms. The van der Waals surface area contributed by atoms with Gasteiger partial charge in [0.05, 0.1) is 5.54 Å². The fourth-order valence-corrected chi connectivity index (χ4v) is 2.98. The second kappa shape index (κ2) is 5.90. The van der Waals surface area contributed by atoms with E-state index in [2.05, 4.69) is 26.1 Å². The largest absolute Gasteiger partial charge is 0.349 e. The van der Waals surface area contributed by atoms with Gasteiger partial charge < -0.3 is 5.32 Å². The van der Waals surface area contributed by atoms with E-state index in [0.29, 0.717) is 11.8 Å². The van der Waals surface area contributed by atoms with Gasteiger partial charge >= 0.3 is 0 Å². The molecular weight excluding hydrogens is 222 g/mol. The molecule has 2 atom stereocenters. The Kier molecular flexibility index (Phi) is 5.10. The quantitative estimate of drug-likeness (QED) is 0.740. The lowest BCUT2D eigenvalue weighted by atomic mass is 9.91. The molecule has 0 aliphatic heterocycles. The number of alkyl halides is 1. The zero-order chi connectivity index (χ0) is 12.2. The molecule has 3 heteroatoms. The van der Waals surface area contributed by atoms with Crippen molar-refractivity contribution in [1.29, 1.82) is 0 Å². The van der Waals surface area contributed by atoms with Crippen molar-refractivity contribution >= 4 is 17.5 Å². The summed E-state index contributed by atoms with van der Waals surface area (Å²) in [5.41, 5.74) is -0.194. The van der Waals surface area contributed by atoms with Crippen LogP contribution in [-0.2, 0) is 4.79 Å². The monoisotopic (exact) mass is 245 g/mol. The van der Waals surface area contributed by atoms with Gasteiger partial charge in [0.25, 0.3) is 0 Å². The first-order valence-corrected chi connectivity index (χ1v) is 7.00. The summed E-state index contributed by atoms with van der Waals surface area (Å²) in [5, 5.41) is 3.18. The van der Waals surface area contributed by atoms with Crippen molar-refractivity contribution in [3.63, 3.8) is 0 Å². The standard InChI is InChI=1S/C13H24ClNO/c1-4-13(5-2,9-14)15-12(16)11-8-6-7-10(11)3/h10-11H,4-9H2,1-3H3,(H,15,16). The maximum atomic E-state index is 12.2. The van der Waals surface area contributed by atoms with Crippen LogP contribution in [-0.4, -0.2) is 17.3 Å². The molecule has 94 valence electrons. The lowest BCUT2D eigenvalue weighted by Crippen LogP contribution is -2.51. The summed E-state index contributed by atoms with van der Waals surface area (Å²) >= 11 is 6.00. The van der Waals surface area contributed by atoms with Crippen LogP contribution >= 0.6 is 11.6 Å². The molecule has 0 aromatic rings. The van der Waals surface area contributed by atoms with E-state index in [1.165, 1.54) is 12.8 Å². The normalized spacial score (nSPS) is 25.8. The van der Waals surface area contributed by atoms with E-state index in [1.54, 1.807) is 0 Å². The first-order chi connectivity index (χ1) is 7.58. The van der Waals surface area contributed by atoms with E-state index < -0.39 is 0 Å². The van der Waals surface area contributed by atoms with Crippen LogP contribution in [0.5, 0.6) is 0 Å². The molecule has 1 aliphatic rings. The number of rotatable bonds is 5. The topological polar surface area (TPSA) is 29.1 Å². The Labute approximate surface area is 104 Å². The minimum Gasteiger partial charge on any atom is -0.349 e. The Bertz CT molecular complexity index is 230. The van der Waals surface area contributed by atoms with Crippen LogP contribution in [0.2, 0.25) is 0 Å². The molecule has 0 aromatic carbocycles. The first-order valence-electron chi connectivity index (χ1n) is 6.46. The zero-order valence-corrected chi connectivity index (χ0v) is 11.4. The SMILES string of the molecule is CCC(CC)(CCl)NC(=O)C1CCCC1C. The van der Waals surface area contributed by atoms with Crippen LogP contribution in [0.15, 0.2) is 0 Å². The van der Waals surface area contributed by atoms with Crippen LogP contribution in [0.4, 0.5) is 0 Å². The average Bonchev–Trinajstić information content (AvgIpc) is 2.72. The highest BCUT2D eigenvalue weighted by molar-refractivity contribution is 6.18. The van der Waals surface area contributed by atoms with Crippen LogP contribution in [0.25, 0.3) is 0 Å². The molecule has 1 saturated carbocycles. The smallest absolute Gasteiger partial charge is 0.223 e. The zero-order valence-electron chi connectivity index (χ0n) is 10.7. The Balaban J connectivity index is 2.61. The van der Waals surface area contributed by atoms with Gasteiger partial charge in [-0.2, -0.15) is 0 Å². The lowest BCUT2D eigenvalue weighted by molar-refractivity contribution is -0.127. The Morgan fingerprint density at radius 2 is 2.00 bits per heavy atom. The van der Waals surface area contributed by atoms with E-state index in [-0.39, 0.29) is 17.4 Å². The van der Waals surface area contributed by atoms with Crippen molar-refractivity contribution in [2.45, 2.75) is 58.4 Å². The van der Waals surface area contributed by atoms with E-state index in [4.69, 9.17) is 11.6 Å². The van der Waals surface area contributed by atoms with Gasteiger partial charge in [-0.25, -0.2) is 0 Å². The highest BCUT2D eigenvalue weighted by Gasteiger charge is 2.34. The third-order valence-corrected chi connectivity index (χ3v) is 4.71. The predicted octanol–water partition coefficient (Wildman–Crippen LogP) is 3.34. The molecule has 1 rings (SSSR count). The number of nitrogens with one attached hydrogen (secondary N) is 1. The Morgan fingerprint density at radius 1 is 1.38 bits per heavy atom. The number of carbonyl (C=O) groups is 1. The molecule has 2 unspecified atom stereocenters. The maximum absolute atomic E-state index is 12.2. The molecule has 0 heterocycles. The van der Waals surface area contributed by atoms with Gasteiger partial charge in [-0.3, -0.25) is 4.79 Å². The number of halogens is 1. The molecule has 2 nitrogen and oxygen atoms in total. The van der Waals surface area contributed by atoms with E-state index in [0.717, 1.165) is 19.3 Å². The van der Waals surface area contributed by atoms with Crippen molar-refractivity contribution in [3.05, 3.63) is 0 Å². The van der Waals surface area contributed by atoms with Crippen LogP contribution in [0.1, 0.15) is 52.9 Å². The predicted molar refractivity (Wildman–Crippen MR) is 68.7 cm³/mol. The van der Waals surface area contributed by atoms with Crippen LogP contribution in [0, 0.1) is 11.8 Å². The molecule has 0 saturated heterocycles. The summed E-state index contributed by atoms with van der Waals surface area (Å²) in [7, 11) is 0. The van der Waals surface area contributed by atoms with Gasteiger partial charge in [0.2, 0.25) is 5.91 Å². The number of carbonyl (C=O) groups excluding carboxylic acids is 1.